The SMILES string of the molecule is O=C(CSCc1ccc(F)cc1)Nc1ccccc1C(=O)N1CCCC1. The molecule has 1 fully saturated rings. The Balaban J connectivity index is 1.55. The van der Waals surface area contributed by atoms with Crippen molar-refractivity contribution in [3.8, 4) is 0 Å². The highest BCUT2D eigenvalue weighted by Crippen LogP contribution is 2.21. The second-order valence-corrected chi connectivity index (χ2v) is 7.20. The number of nitrogens with one attached hydrogen (secondary N) is 1. The Morgan fingerprint density at radius 3 is 2.46 bits per heavy atom. The molecule has 0 bridgehead atoms. The first-order valence-corrected chi connectivity index (χ1v) is 9.79. The Bertz CT molecular complexity index is 774. The van der Waals surface area contributed by atoms with E-state index in [2.05, 4.69) is 5.32 Å². The van der Waals surface area contributed by atoms with Crippen LogP contribution < -0.4 is 5.32 Å². The molecule has 2 aromatic carbocycles. The number of anilines is 1. The molecule has 0 unspecified atom stereocenters. The van der Waals surface area contributed by atoms with Crippen molar-refractivity contribution in [1.29, 1.82) is 0 Å². The van der Waals surface area contributed by atoms with E-state index < -0.39 is 0 Å². The average Bonchev–Trinajstić information content (AvgIpc) is 3.18. The molecule has 1 aliphatic heterocycles. The van der Waals surface area contributed by atoms with Crippen LogP contribution in [0, 0.1) is 5.82 Å². The fourth-order valence-corrected chi connectivity index (χ4v) is 3.69. The number of hydrogen-bond acceptors (Lipinski definition) is 3. The van der Waals surface area contributed by atoms with Gasteiger partial charge in [-0.3, -0.25) is 9.59 Å². The van der Waals surface area contributed by atoms with Gasteiger partial charge in [0.1, 0.15) is 5.82 Å². The van der Waals surface area contributed by atoms with E-state index in [0.717, 1.165) is 31.5 Å². The van der Waals surface area contributed by atoms with E-state index in [0.29, 0.717) is 17.0 Å². The van der Waals surface area contributed by atoms with E-state index in [1.807, 2.05) is 17.0 Å². The Morgan fingerprint density at radius 2 is 1.73 bits per heavy atom. The zero-order valence-electron chi connectivity index (χ0n) is 14.4. The smallest absolute Gasteiger partial charge is 0.255 e. The molecule has 0 aromatic heterocycles. The lowest BCUT2D eigenvalue weighted by molar-refractivity contribution is -0.113. The minimum absolute atomic E-state index is 0.0302. The van der Waals surface area contributed by atoms with Gasteiger partial charge in [0, 0.05) is 18.8 Å². The second-order valence-electron chi connectivity index (χ2n) is 6.21. The molecule has 2 amide bonds. The summed E-state index contributed by atoms with van der Waals surface area (Å²) in [5.74, 6) is 0.443. The van der Waals surface area contributed by atoms with E-state index >= 15 is 0 Å². The molecule has 26 heavy (non-hydrogen) atoms. The van der Waals surface area contributed by atoms with Crippen LogP contribution in [-0.2, 0) is 10.5 Å². The molecule has 1 N–H and O–H groups in total. The van der Waals surface area contributed by atoms with E-state index in [4.69, 9.17) is 0 Å². The lowest BCUT2D eigenvalue weighted by Crippen LogP contribution is -2.29. The third kappa shape index (κ3) is 4.85. The Morgan fingerprint density at radius 1 is 1.04 bits per heavy atom. The average molecular weight is 372 g/mol. The van der Waals surface area contributed by atoms with Gasteiger partial charge in [0.25, 0.3) is 5.91 Å². The van der Waals surface area contributed by atoms with Crippen molar-refractivity contribution >= 4 is 29.3 Å². The molecule has 0 spiro atoms. The molecule has 3 rings (SSSR count). The summed E-state index contributed by atoms with van der Waals surface area (Å²) in [6.07, 6.45) is 2.06. The number of benzene rings is 2. The van der Waals surface area contributed by atoms with E-state index in [9.17, 15) is 14.0 Å². The van der Waals surface area contributed by atoms with Crippen LogP contribution in [-0.4, -0.2) is 35.6 Å². The lowest BCUT2D eigenvalue weighted by Gasteiger charge is -2.18. The van der Waals surface area contributed by atoms with E-state index in [1.165, 1.54) is 23.9 Å². The molecule has 0 aliphatic carbocycles. The predicted molar refractivity (Wildman–Crippen MR) is 103 cm³/mol. The normalized spacial score (nSPS) is 13.7. The van der Waals surface area contributed by atoms with Gasteiger partial charge in [0.2, 0.25) is 5.91 Å². The first-order valence-electron chi connectivity index (χ1n) is 8.64. The van der Waals surface area contributed by atoms with Crippen molar-refractivity contribution in [2.24, 2.45) is 0 Å². The van der Waals surface area contributed by atoms with Gasteiger partial charge in [0.15, 0.2) is 0 Å². The first kappa shape index (κ1) is 18.5. The van der Waals surface area contributed by atoms with Crippen molar-refractivity contribution in [2.75, 3.05) is 24.2 Å². The monoisotopic (exact) mass is 372 g/mol. The van der Waals surface area contributed by atoms with E-state index in [1.54, 1.807) is 24.3 Å². The maximum atomic E-state index is 12.9. The zero-order chi connectivity index (χ0) is 18.4. The van der Waals surface area contributed by atoms with Crippen molar-refractivity contribution in [2.45, 2.75) is 18.6 Å². The molecular weight excluding hydrogens is 351 g/mol. The number of carbonyl (C=O) groups is 2. The number of halogens is 1. The molecular formula is C20H21FN2O2S. The van der Waals surface area contributed by atoms with E-state index in [-0.39, 0.29) is 23.4 Å². The van der Waals surface area contributed by atoms with Gasteiger partial charge in [-0.05, 0) is 42.7 Å². The summed E-state index contributed by atoms with van der Waals surface area (Å²) in [7, 11) is 0. The number of thioether (sulfide) groups is 1. The molecule has 0 saturated carbocycles. The van der Waals surface area contributed by atoms with Crippen LogP contribution in [0.25, 0.3) is 0 Å². The van der Waals surface area contributed by atoms with Gasteiger partial charge in [0.05, 0.1) is 17.0 Å². The van der Waals surface area contributed by atoms with Gasteiger partial charge in [-0.1, -0.05) is 24.3 Å². The summed E-state index contributed by atoms with van der Waals surface area (Å²) in [6, 6.07) is 13.4. The molecule has 6 heteroatoms. The summed E-state index contributed by atoms with van der Waals surface area (Å²) >= 11 is 1.45. The van der Waals surface area contributed by atoms with Crippen LogP contribution in [0.4, 0.5) is 10.1 Å². The van der Waals surface area contributed by atoms with Gasteiger partial charge in [-0.15, -0.1) is 11.8 Å². The Labute approximate surface area is 156 Å². The predicted octanol–water partition coefficient (Wildman–Crippen LogP) is 3.93. The Hall–Kier alpha value is -2.34. The first-order chi connectivity index (χ1) is 12.6. The summed E-state index contributed by atoms with van der Waals surface area (Å²) in [4.78, 5) is 26.7. The third-order valence-electron chi connectivity index (χ3n) is 4.24. The van der Waals surface area contributed by atoms with Crippen LogP contribution >= 0.6 is 11.8 Å². The van der Waals surface area contributed by atoms with Gasteiger partial charge in [-0.25, -0.2) is 4.39 Å². The number of carbonyl (C=O) groups excluding carboxylic acids is 2. The van der Waals surface area contributed by atoms with Crippen molar-refractivity contribution < 1.29 is 14.0 Å². The summed E-state index contributed by atoms with van der Waals surface area (Å²) in [5, 5.41) is 2.84. The maximum Gasteiger partial charge on any atom is 0.255 e. The largest absolute Gasteiger partial charge is 0.339 e. The molecule has 4 nitrogen and oxygen atoms in total. The molecule has 0 radical (unpaired) electrons. The second kappa shape index (κ2) is 8.85. The molecule has 136 valence electrons. The number of hydrogen-bond donors (Lipinski definition) is 1. The van der Waals surface area contributed by atoms with Crippen LogP contribution in [0.5, 0.6) is 0 Å². The molecule has 0 atom stereocenters. The van der Waals surface area contributed by atoms with Crippen molar-refractivity contribution in [1.82, 2.24) is 4.90 Å². The van der Waals surface area contributed by atoms with Crippen LogP contribution in [0.1, 0.15) is 28.8 Å². The van der Waals surface area contributed by atoms with Gasteiger partial charge < -0.3 is 10.2 Å². The van der Waals surface area contributed by atoms with Gasteiger partial charge >= 0.3 is 0 Å². The fraction of sp³-hybridized carbons (Fsp3) is 0.300. The molecule has 2 aromatic rings. The number of para-hydroxylation sites is 1. The molecule has 1 saturated heterocycles. The maximum absolute atomic E-state index is 12.9. The lowest BCUT2D eigenvalue weighted by atomic mass is 10.1. The van der Waals surface area contributed by atoms with Crippen molar-refractivity contribution in [3.63, 3.8) is 0 Å². The minimum Gasteiger partial charge on any atom is -0.339 e. The van der Waals surface area contributed by atoms with Crippen LogP contribution in [0.15, 0.2) is 48.5 Å². The van der Waals surface area contributed by atoms with Gasteiger partial charge in [-0.2, -0.15) is 0 Å². The Kier molecular flexibility index (Phi) is 6.28. The number of amides is 2. The number of nitrogens with zero attached hydrogens (tertiary/aromatic N) is 1. The summed E-state index contributed by atoms with van der Waals surface area (Å²) < 4.78 is 12.9. The number of likely N-dealkylation sites (tertiary alicyclic amines) is 1. The highest BCUT2D eigenvalue weighted by molar-refractivity contribution is 7.99. The third-order valence-corrected chi connectivity index (χ3v) is 5.24. The zero-order valence-corrected chi connectivity index (χ0v) is 15.2. The highest BCUT2D eigenvalue weighted by Gasteiger charge is 2.22. The fourth-order valence-electron chi connectivity index (χ4n) is 2.90. The highest BCUT2D eigenvalue weighted by atomic mass is 32.2. The van der Waals surface area contributed by atoms with Crippen LogP contribution in [0.2, 0.25) is 0 Å². The quantitative estimate of drug-likeness (QED) is 0.836. The standard InChI is InChI=1S/C20H21FN2O2S/c21-16-9-7-15(8-10-16)13-26-14-19(24)22-18-6-2-1-5-17(18)20(25)23-11-3-4-12-23/h1-2,5-10H,3-4,11-14H2,(H,22,24). The topological polar surface area (TPSA) is 49.4 Å². The minimum atomic E-state index is -0.268. The van der Waals surface area contributed by atoms with Crippen LogP contribution in [0.3, 0.4) is 0 Å². The molecule has 1 heterocycles. The summed E-state index contributed by atoms with van der Waals surface area (Å²) in [5.41, 5.74) is 2.05. The molecule has 1 aliphatic rings. The van der Waals surface area contributed by atoms with Crippen molar-refractivity contribution in [3.05, 3.63) is 65.5 Å². The number of rotatable bonds is 6. The summed E-state index contributed by atoms with van der Waals surface area (Å²) in [6.45, 7) is 1.54.